The summed E-state index contributed by atoms with van der Waals surface area (Å²) >= 11 is 0. The first-order chi connectivity index (χ1) is 10.0. The smallest absolute Gasteiger partial charge is 0.224 e. The predicted octanol–water partition coefficient (Wildman–Crippen LogP) is 3.66. The minimum absolute atomic E-state index is 0.138. The van der Waals surface area contributed by atoms with Gasteiger partial charge in [0.25, 0.3) is 0 Å². The van der Waals surface area contributed by atoms with E-state index in [4.69, 9.17) is 0 Å². The molecule has 0 aromatic heterocycles. The van der Waals surface area contributed by atoms with Crippen LogP contribution in [0.25, 0.3) is 0 Å². The maximum Gasteiger partial charge on any atom is 0.224 e. The number of hydrogen-bond acceptors (Lipinski definition) is 2. The Morgan fingerprint density at radius 1 is 1.38 bits per heavy atom. The standard InChI is InChI=1S/C18H26N2O/c1-4-9-19-17(14-11-18(14,2)3)13-5-7-15-12(10-13)6-8-16(21)20-15/h5,7,10,14,17,19H,4,6,8-9,11H2,1-3H3,(H,20,21). The zero-order valence-electron chi connectivity index (χ0n) is 13.3. The molecular weight excluding hydrogens is 260 g/mol. The molecule has 2 N–H and O–H groups in total. The zero-order valence-corrected chi connectivity index (χ0v) is 13.3. The van der Waals surface area contributed by atoms with E-state index in [0.717, 1.165) is 31.0 Å². The highest BCUT2D eigenvalue weighted by molar-refractivity contribution is 5.93. The van der Waals surface area contributed by atoms with Crippen LogP contribution >= 0.6 is 0 Å². The Hall–Kier alpha value is -1.35. The van der Waals surface area contributed by atoms with Crippen LogP contribution in [0.4, 0.5) is 5.69 Å². The summed E-state index contributed by atoms with van der Waals surface area (Å²) in [5.41, 5.74) is 4.12. The molecule has 1 aliphatic carbocycles. The van der Waals surface area contributed by atoms with Gasteiger partial charge >= 0.3 is 0 Å². The fourth-order valence-corrected chi connectivity index (χ4v) is 3.47. The van der Waals surface area contributed by atoms with Gasteiger partial charge in [-0.3, -0.25) is 4.79 Å². The average Bonchev–Trinajstić information content (AvgIpc) is 3.08. The maximum atomic E-state index is 11.5. The highest BCUT2D eigenvalue weighted by atomic mass is 16.1. The molecule has 1 heterocycles. The molecule has 2 unspecified atom stereocenters. The molecule has 1 fully saturated rings. The lowest BCUT2D eigenvalue weighted by atomic mass is 9.93. The topological polar surface area (TPSA) is 41.1 Å². The summed E-state index contributed by atoms with van der Waals surface area (Å²) in [7, 11) is 0. The van der Waals surface area contributed by atoms with Crippen LogP contribution in [0.2, 0.25) is 0 Å². The van der Waals surface area contributed by atoms with E-state index in [1.807, 2.05) is 0 Å². The van der Waals surface area contributed by atoms with Crippen LogP contribution in [-0.4, -0.2) is 12.5 Å². The molecule has 1 amide bonds. The van der Waals surface area contributed by atoms with Crippen molar-refractivity contribution in [2.75, 3.05) is 11.9 Å². The van der Waals surface area contributed by atoms with Gasteiger partial charge in [-0.25, -0.2) is 0 Å². The second-order valence-electron chi connectivity index (χ2n) is 7.20. The van der Waals surface area contributed by atoms with Crippen LogP contribution in [-0.2, 0) is 11.2 Å². The van der Waals surface area contributed by atoms with Gasteiger partial charge in [-0.15, -0.1) is 0 Å². The monoisotopic (exact) mass is 286 g/mol. The van der Waals surface area contributed by atoms with Crippen LogP contribution < -0.4 is 10.6 Å². The Kier molecular flexibility index (Phi) is 3.78. The van der Waals surface area contributed by atoms with Crippen molar-refractivity contribution in [3.8, 4) is 0 Å². The third kappa shape index (κ3) is 2.98. The molecule has 1 saturated carbocycles. The van der Waals surface area contributed by atoms with E-state index in [1.54, 1.807) is 0 Å². The van der Waals surface area contributed by atoms with Gasteiger partial charge in [-0.1, -0.05) is 32.9 Å². The van der Waals surface area contributed by atoms with Crippen molar-refractivity contribution in [3.63, 3.8) is 0 Å². The van der Waals surface area contributed by atoms with Gasteiger partial charge in [0, 0.05) is 18.2 Å². The number of amides is 1. The highest BCUT2D eigenvalue weighted by Crippen LogP contribution is 2.57. The van der Waals surface area contributed by atoms with E-state index < -0.39 is 0 Å². The first kappa shape index (κ1) is 14.6. The molecule has 3 nitrogen and oxygen atoms in total. The summed E-state index contributed by atoms with van der Waals surface area (Å²) in [6.45, 7) is 7.99. The summed E-state index contributed by atoms with van der Waals surface area (Å²) in [5.74, 6) is 0.861. The third-order valence-electron chi connectivity index (χ3n) is 4.99. The molecule has 2 atom stereocenters. The molecule has 0 spiro atoms. The SMILES string of the molecule is CCCNC(c1ccc2c(c1)CCC(=O)N2)C1CC1(C)C. The molecule has 21 heavy (non-hydrogen) atoms. The minimum atomic E-state index is 0.138. The number of carbonyl (C=O) groups excluding carboxylic acids is 1. The van der Waals surface area contributed by atoms with Crippen LogP contribution in [0.1, 0.15) is 57.2 Å². The summed E-state index contributed by atoms with van der Waals surface area (Å²) in [5, 5.41) is 6.70. The Balaban J connectivity index is 1.84. The lowest BCUT2D eigenvalue weighted by Gasteiger charge is -2.24. The largest absolute Gasteiger partial charge is 0.326 e. The van der Waals surface area contributed by atoms with Crippen molar-refractivity contribution in [1.82, 2.24) is 5.32 Å². The van der Waals surface area contributed by atoms with E-state index in [-0.39, 0.29) is 5.91 Å². The predicted molar refractivity (Wildman–Crippen MR) is 86.3 cm³/mol. The Bertz CT molecular complexity index is 550. The number of hydrogen-bond donors (Lipinski definition) is 2. The molecule has 3 rings (SSSR count). The van der Waals surface area contributed by atoms with Gasteiger partial charge in [-0.2, -0.15) is 0 Å². The molecule has 3 heteroatoms. The molecule has 0 saturated heterocycles. The Morgan fingerprint density at radius 2 is 2.14 bits per heavy atom. The summed E-state index contributed by atoms with van der Waals surface area (Å²) < 4.78 is 0. The van der Waals surface area contributed by atoms with E-state index >= 15 is 0 Å². The number of aryl methyl sites for hydroxylation is 1. The molecular formula is C18H26N2O. The normalized spacial score (nSPS) is 24.1. The molecule has 1 aromatic carbocycles. The number of carbonyl (C=O) groups is 1. The van der Waals surface area contributed by atoms with E-state index in [2.05, 4.69) is 49.6 Å². The average molecular weight is 286 g/mol. The first-order valence-electron chi connectivity index (χ1n) is 8.17. The molecule has 0 radical (unpaired) electrons. The third-order valence-corrected chi connectivity index (χ3v) is 4.99. The van der Waals surface area contributed by atoms with Crippen molar-refractivity contribution in [1.29, 1.82) is 0 Å². The number of nitrogens with one attached hydrogen (secondary N) is 2. The van der Waals surface area contributed by atoms with Gasteiger partial charge in [0.2, 0.25) is 5.91 Å². The second kappa shape index (κ2) is 5.45. The zero-order chi connectivity index (χ0) is 15.0. The van der Waals surface area contributed by atoms with Crippen molar-refractivity contribution in [2.45, 2.75) is 52.5 Å². The fraction of sp³-hybridized carbons (Fsp3) is 0.611. The van der Waals surface area contributed by atoms with Crippen molar-refractivity contribution >= 4 is 11.6 Å². The molecule has 1 aliphatic heterocycles. The Morgan fingerprint density at radius 3 is 2.81 bits per heavy atom. The number of rotatable bonds is 5. The molecule has 114 valence electrons. The van der Waals surface area contributed by atoms with Crippen LogP contribution in [0.3, 0.4) is 0 Å². The van der Waals surface area contributed by atoms with Gasteiger partial charge in [0.1, 0.15) is 0 Å². The number of benzene rings is 1. The van der Waals surface area contributed by atoms with Crippen LogP contribution in [0, 0.1) is 11.3 Å². The van der Waals surface area contributed by atoms with Crippen LogP contribution in [0.15, 0.2) is 18.2 Å². The number of anilines is 1. The van der Waals surface area contributed by atoms with Gasteiger partial charge < -0.3 is 10.6 Å². The van der Waals surface area contributed by atoms with Gasteiger partial charge in [0.05, 0.1) is 0 Å². The fourth-order valence-electron chi connectivity index (χ4n) is 3.47. The maximum absolute atomic E-state index is 11.5. The van der Waals surface area contributed by atoms with Gasteiger partial charge in [-0.05, 0) is 54.3 Å². The minimum Gasteiger partial charge on any atom is -0.326 e. The highest BCUT2D eigenvalue weighted by Gasteiger charge is 2.50. The van der Waals surface area contributed by atoms with E-state index in [1.165, 1.54) is 17.5 Å². The lowest BCUT2D eigenvalue weighted by Crippen LogP contribution is -2.26. The summed E-state index contributed by atoms with van der Waals surface area (Å²) in [6, 6.07) is 7.02. The lowest BCUT2D eigenvalue weighted by molar-refractivity contribution is -0.116. The van der Waals surface area contributed by atoms with E-state index in [0.29, 0.717) is 17.9 Å². The second-order valence-corrected chi connectivity index (χ2v) is 7.20. The van der Waals surface area contributed by atoms with Crippen LogP contribution in [0.5, 0.6) is 0 Å². The van der Waals surface area contributed by atoms with Gasteiger partial charge in [0.15, 0.2) is 0 Å². The summed E-state index contributed by atoms with van der Waals surface area (Å²) in [6.07, 6.45) is 3.93. The molecule has 1 aromatic rings. The van der Waals surface area contributed by atoms with Crippen molar-refractivity contribution < 1.29 is 4.79 Å². The first-order valence-corrected chi connectivity index (χ1v) is 8.17. The Labute approximate surface area is 127 Å². The molecule has 0 bridgehead atoms. The van der Waals surface area contributed by atoms with E-state index in [9.17, 15) is 4.79 Å². The summed E-state index contributed by atoms with van der Waals surface area (Å²) in [4.78, 5) is 11.5. The molecule has 2 aliphatic rings. The quantitative estimate of drug-likeness (QED) is 0.867. The van der Waals surface area contributed by atoms with Crippen molar-refractivity contribution in [2.24, 2.45) is 11.3 Å². The van der Waals surface area contributed by atoms with Crippen molar-refractivity contribution in [3.05, 3.63) is 29.3 Å². The number of fused-ring (bicyclic) bond motifs is 1.